The molecule has 1 atom stereocenters. The highest BCUT2D eigenvalue weighted by molar-refractivity contribution is 9.10. The lowest BCUT2D eigenvalue weighted by atomic mass is 10.1. The maximum atomic E-state index is 5.94. The van der Waals surface area contributed by atoms with Crippen molar-refractivity contribution in [2.45, 2.75) is 32.5 Å². The van der Waals surface area contributed by atoms with Gasteiger partial charge in [0.2, 0.25) is 5.88 Å². The third kappa shape index (κ3) is 3.43. The zero-order valence-corrected chi connectivity index (χ0v) is 12.6. The predicted octanol–water partition coefficient (Wildman–Crippen LogP) is 2.30. The molecule has 0 amide bonds. The molecule has 0 radical (unpaired) electrons. The molecule has 1 N–H and O–H groups in total. The van der Waals surface area contributed by atoms with Crippen LogP contribution < -0.4 is 10.1 Å². The molecule has 2 rings (SSSR count). The standard InChI is InChI=1S/C13H19BrN2O2/c1-9-4-5-16-12(11(9)14)17-7-10-6-15-8-13(2,3)18-10/h4-5,10,15H,6-8H2,1-3H3. The Balaban J connectivity index is 1.93. The van der Waals surface area contributed by atoms with Gasteiger partial charge >= 0.3 is 0 Å². The molecule has 0 aromatic carbocycles. The Morgan fingerprint density at radius 3 is 3.11 bits per heavy atom. The van der Waals surface area contributed by atoms with Gasteiger partial charge in [-0.3, -0.25) is 0 Å². The molecule has 0 bridgehead atoms. The summed E-state index contributed by atoms with van der Waals surface area (Å²) in [6, 6.07) is 1.94. The Morgan fingerprint density at radius 1 is 1.61 bits per heavy atom. The van der Waals surface area contributed by atoms with E-state index < -0.39 is 0 Å². The van der Waals surface area contributed by atoms with Gasteiger partial charge in [0, 0.05) is 19.3 Å². The zero-order valence-electron chi connectivity index (χ0n) is 11.0. The van der Waals surface area contributed by atoms with Gasteiger partial charge in [0.25, 0.3) is 0 Å². The Kier molecular flexibility index (Phi) is 4.25. The fourth-order valence-electron chi connectivity index (χ4n) is 1.95. The van der Waals surface area contributed by atoms with Gasteiger partial charge in [-0.25, -0.2) is 4.98 Å². The highest BCUT2D eigenvalue weighted by atomic mass is 79.9. The number of hydrogen-bond acceptors (Lipinski definition) is 4. The van der Waals surface area contributed by atoms with Crippen molar-refractivity contribution in [3.05, 3.63) is 22.3 Å². The molecule has 1 aromatic heterocycles. The first-order valence-corrected chi connectivity index (χ1v) is 6.90. The number of nitrogens with zero attached hydrogens (tertiary/aromatic N) is 1. The van der Waals surface area contributed by atoms with E-state index in [0.717, 1.165) is 23.1 Å². The van der Waals surface area contributed by atoms with Crippen LogP contribution in [0.2, 0.25) is 0 Å². The van der Waals surface area contributed by atoms with Crippen LogP contribution in [0.4, 0.5) is 0 Å². The van der Waals surface area contributed by atoms with Gasteiger partial charge in [-0.05, 0) is 48.3 Å². The van der Waals surface area contributed by atoms with Crippen molar-refractivity contribution in [3.63, 3.8) is 0 Å². The van der Waals surface area contributed by atoms with Crippen molar-refractivity contribution in [1.82, 2.24) is 10.3 Å². The average molecular weight is 315 g/mol. The monoisotopic (exact) mass is 314 g/mol. The SMILES string of the molecule is Cc1ccnc(OCC2CNCC(C)(C)O2)c1Br. The summed E-state index contributed by atoms with van der Waals surface area (Å²) in [5.41, 5.74) is 0.979. The van der Waals surface area contributed by atoms with E-state index in [1.165, 1.54) is 0 Å². The number of ether oxygens (including phenoxy) is 2. The summed E-state index contributed by atoms with van der Waals surface area (Å²) in [6.07, 6.45) is 1.81. The maximum Gasteiger partial charge on any atom is 0.228 e. The topological polar surface area (TPSA) is 43.4 Å². The Labute approximate surface area is 116 Å². The van der Waals surface area contributed by atoms with E-state index in [2.05, 4.69) is 40.1 Å². The van der Waals surface area contributed by atoms with E-state index in [-0.39, 0.29) is 11.7 Å². The molecule has 1 unspecified atom stereocenters. The predicted molar refractivity (Wildman–Crippen MR) is 74.0 cm³/mol. The molecule has 18 heavy (non-hydrogen) atoms. The van der Waals surface area contributed by atoms with E-state index >= 15 is 0 Å². The van der Waals surface area contributed by atoms with E-state index in [0.29, 0.717) is 12.5 Å². The number of halogens is 1. The van der Waals surface area contributed by atoms with Crippen molar-refractivity contribution in [1.29, 1.82) is 0 Å². The summed E-state index contributed by atoms with van der Waals surface area (Å²) in [7, 11) is 0. The molecule has 0 saturated carbocycles. The van der Waals surface area contributed by atoms with Gasteiger partial charge in [0.1, 0.15) is 12.7 Å². The fourth-order valence-corrected chi connectivity index (χ4v) is 2.30. The van der Waals surface area contributed by atoms with Crippen molar-refractivity contribution >= 4 is 15.9 Å². The van der Waals surface area contributed by atoms with Crippen LogP contribution in [-0.2, 0) is 4.74 Å². The van der Waals surface area contributed by atoms with E-state index in [1.54, 1.807) is 6.20 Å². The van der Waals surface area contributed by atoms with Crippen LogP contribution >= 0.6 is 15.9 Å². The fraction of sp³-hybridized carbons (Fsp3) is 0.615. The number of rotatable bonds is 3. The van der Waals surface area contributed by atoms with Gasteiger partial charge < -0.3 is 14.8 Å². The third-order valence-corrected chi connectivity index (χ3v) is 3.83. The molecule has 1 aromatic rings. The number of nitrogens with one attached hydrogen (secondary N) is 1. The molecule has 1 saturated heterocycles. The first-order chi connectivity index (χ1) is 8.48. The van der Waals surface area contributed by atoms with E-state index in [9.17, 15) is 0 Å². The third-order valence-electron chi connectivity index (χ3n) is 2.86. The molecule has 0 spiro atoms. The van der Waals surface area contributed by atoms with E-state index in [4.69, 9.17) is 9.47 Å². The molecule has 100 valence electrons. The quantitative estimate of drug-likeness (QED) is 0.929. The van der Waals surface area contributed by atoms with Crippen LogP contribution in [-0.4, -0.2) is 36.4 Å². The van der Waals surface area contributed by atoms with Crippen molar-refractivity contribution in [2.24, 2.45) is 0 Å². The largest absolute Gasteiger partial charge is 0.474 e. The molecule has 0 aliphatic carbocycles. The zero-order chi connectivity index (χ0) is 13.2. The summed E-state index contributed by atoms with van der Waals surface area (Å²) in [4.78, 5) is 4.21. The first-order valence-electron chi connectivity index (χ1n) is 6.10. The normalized spacial score (nSPS) is 22.8. The Morgan fingerprint density at radius 2 is 2.39 bits per heavy atom. The highest BCUT2D eigenvalue weighted by Gasteiger charge is 2.28. The molecule has 5 heteroatoms. The Bertz CT molecular complexity index is 423. The molecular weight excluding hydrogens is 296 g/mol. The average Bonchev–Trinajstić information content (AvgIpc) is 2.30. The lowest BCUT2D eigenvalue weighted by Gasteiger charge is -2.36. The van der Waals surface area contributed by atoms with Crippen LogP contribution in [0.1, 0.15) is 19.4 Å². The van der Waals surface area contributed by atoms with Gasteiger partial charge in [0.05, 0.1) is 10.1 Å². The number of aryl methyl sites for hydroxylation is 1. The molecule has 1 aliphatic rings. The van der Waals surface area contributed by atoms with Crippen LogP contribution in [0.5, 0.6) is 5.88 Å². The number of morpholine rings is 1. The summed E-state index contributed by atoms with van der Waals surface area (Å²) in [5.74, 6) is 0.627. The van der Waals surface area contributed by atoms with Gasteiger partial charge in [-0.1, -0.05) is 0 Å². The minimum absolute atomic E-state index is 0.0583. The second kappa shape index (κ2) is 5.55. The molecule has 4 nitrogen and oxygen atoms in total. The van der Waals surface area contributed by atoms with Crippen LogP contribution in [0.15, 0.2) is 16.7 Å². The minimum atomic E-state index is -0.135. The number of hydrogen-bond donors (Lipinski definition) is 1. The van der Waals surface area contributed by atoms with Crippen molar-refractivity contribution in [3.8, 4) is 5.88 Å². The number of aromatic nitrogens is 1. The second-order valence-corrected chi connectivity index (χ2v) is 5.98. The lowest BCUT2D eigenvalue weighted by molar-refractivity contribution is -0.107. The second-order valence-electron chi connectivity index (χ2n) is 5.19. The highest BCUT2D eigenvalue weighted by Crippen LogP contribution is 2.26. The van der Waals surface area contributed by atoms with Crippen LogP contribution in [0, 0.1) is 6.92 Å². The van der Waals surface area contributed by atoms with Gasteiger partial charge in [-0.15, -0.1) is 0 Å². The smallest absolute Gasteiger partial charge is 0.228 e. The lowest BCUT2D eigenvalue weighted by Crippen LogP contribution is -2.52. The Hall–Kier alpha value is -0.650. The van der Waals surface area contributed by atoms with Gasteiger partial charge in [-0.2, -0.15) is 0 Å². The molecule has 2 heterocycles. The first kappa shape index (κ1) is 13.8. The summed E-state index contributed by atoms with van der Waals surface area (Å²) in [5, 5.41) is 3.35. The van der Waals surface area contributed by atoms with Crippen molar-refractivity contribution in [2.75, 3.05) is 19.7 Å². The molecular formula is C13H19BrN2O2. The maximum absolute atomic E-state index is 5.94. The summed E-state index contributed by atoms with van der Waals surface area (Å²) < 4.78 is 12.6. The van der Waals surface area contributed by atoms with Crippen LogP contribution in [0.3, 0.4) is 0 Å². The molecule has 1 aliphatic heterocycles. The van der Waals surface area contributed by atoms with Gasteiger partial charge in [0.15, 0.2) is 0 Å². The molecule has 1 fully saturated rings. The summed E-state index contributed by atoms with van der Waals surface area (Å²) >= 11 is 3.48. The van der Waals surface area contributed by atoms with Crippen LogP contribution in [0.25, 0.3) is 0 Å². The van der Waals surface area contributed by atoms with Crippen molar-refractivity contribution < 1.29 is 9.47 Å². The van der Waals surface area contributed by atoms with E-state index in [1.807, 2.05) is 13.0 Å². The summed E-state index contributed by atoms with van der Waals surface area (Å²) in [6.45, 7) is 8.36. The minimum Gasteiger partial charge on any atom is -0.474 e. The number of pyridine rings is 1.